The Kier molecular flexibility index (Phi) is 3.15. The summed E-state index contributed by atoms with van der Waals surface area (Å²) in [6, 6.07) is 0. The highest BCUT2D eigenvalue weighted by molar-refractivity contribution is 7.15. The van der Waals surface area contributed by atoms with Gasteiger partial charge in [-0.3, -0.25) is 9.59 Å². The van der Waals surface area contributed by atoms with Crippen LogP contribution in [0.1, 0.15) is 23.9 Å². The van der Waals surface area contributed by atoms with Gasteiger partial charge < -0.3 is 10.4 Å². The van der Waals surface area contributed by atoms with Crippen LogP contribution in [0.4, 0.5) is 5.13 Å². The Balaban J connectivity index is 1.97. The predicted octanol–water partition coefficient (Wildman–Crippen LogP) is 1.67. The van der Waals surface area contributed by atoms with E-state index in [1.165, 1.54) is 11.3 Å². The van der Waals surface area contributed by atoms with Gasteiger partial charge >= 0.3 is 5.97 Å². The molecule has 17 heavy (non-hydrogen) atoms. The van der Waals surface area contributed by atoms with Gasteiger partial charge in [-0.25, -0.2) is 4.98 Å². The van der Waals surface area contributed by atoms with Gasteiger partial charge in [0.05, 0.1) is 17.5 Å². The number of rotatable bonds is 4. The minimum absolute atomic E-state index is 0.228. The van der Waals surface area contributed by atoms with E-state index in [2.05, 4.69) is 10.3 Å². The van der Waals surface area contributed by atoms with Crippen molar-refractivity contribution in [2.24, 2.45) is 11.8 Å². The number of aliphatic carboxylic acids is 1. The van der Waals surface area contributed by atoms with Gasteiger partial charge in [0.2, 0.25) is 5.91 Å². The van der Waals surface area contributed by atoms with E-state index in [1.807, 2.05) is 13.8 Å². The third-order valence-corrected chi connectivity index (χ3v) is 3.83. The molecule has 1 aliphatic carbocycles. The first kappa shape index (κ1) is 12.0. The normalized spacial score (nSPS) is 22.2. The van der Waals surface area contributed by atoms with Gasteiger partial charge in [-0.15, -0.1) is 11.3 Å². The van der Waals surface area contributed by atoms with Crippen molar-refractivity contribution in [1.82, 2.24) is 4.98 Å². The van der Waals surface area contributed by atoms with Crippen LogP contribution in [-0.4, -0.2) is 22.0 Å². The lowest BCUT2D eigenvalue weighted by molar-refractivity contribution is -0.139. The second kappa shape index (κ2) is 4.44. The molecule has 1 fully saturated rings. The fourth-order valence-corrected chi connectivity index (χ4v) is 2.67. The Morgan fingerprint density at radius 3 is 2.71 bits per heavy atom. The molecule has 1 heterocycles. The first-order valence-electron chi connectivity index (χ1n) is 5.53. The van der Waals surface area contributed by atoms with Gasteiger partial charge in [0.1, 0.15) is 0 Å². The molecule has 0 bridgehead atoms. The summed E-state index contributed by atoms with van der Waals surface area (Å²) in [6.07, 6.45) is 1.27. The van der Waals surface area contributed by atoms with Crippen molar-refractivity contribution in [3.63, 3.8) is 0 Å². The third kappa shape index (κ3) is 2.46. The molecule has 0 radical (unpaired) electrons. The molecular formula is C11H14N2O3S. The topological polar surface area (TPSA) is 79.3 Å². The third-order valence-electron chi connectivity index (χ3n) is 2.90. The zero-order valence-corrected chi connectivity index (χ0v) is 10.5. The number of nitrogens with one attached hydrogen (secondary N) is 1. The molecule has 0 saturated heterocycles. The fourth-order valence-electron chi connectivity index (χ4n) is 1.77. The van der Waals surface area contributed by atoms with Crippen LogP contribution in [0.3, 0.4) is 0 Å². The lowest BCUT2D eigenvalue weighted by Crippen LogP contribution is -2.16. The minimum atomic E-state index is -0.894. The van der Waals surface area contributed by atoms with Crippen LogP contribution >= 0.6 is 11.3 Å². The predicted molar refractivity (Wildman–Crippen MR) is 64.1 cm³/mol. The summed E-state index contributed by atoms with van der Waals surface area (Å²) in [5.74, 6) is -2.02. The van der Waals surface area contributed by atoms with Gasteiger partial charge in [0.25, 0.3) is 0 Å². The van der Waals surface area contributed by atoms with Crippen molar-refractivity contribution in [2.45, 2.75) is 26.7 Å². The summed E-state index contributed by atoms with van der Waals surface area (Å²) >= 11 is 1.43. The van der Waals surface area contributed by atoms with Crippen LogP contribution in [0.25, 0.3) is 0 Å². The number of anilines is 1. The largest absolute Gasteiger partial charge is 0.481 e. The maximum absolute atomic E-state index is 11.7. The molecule has 1 saturated carbocycles. The summed E-state index contributed by atoms with van der Waals surface area (Å²) in [5.41, 5.74) is 0.982. The minimum Gasteiger partial charge on any atom is -0.481 e. The molecule has 0 spiro atoms. The molecule has 0 aliphatic heterocycles. The molecule has 1 aromatic rings. The Morgan fingerprint density at radius 1 is 1.53 bits per heavy atom. The van der Waals surface area contributed by atoms with E-state index in [1.54, 1.807) is 0 Å². The maximum Gasteiger partial charge on any atom is 0.307 e. The highest BCUT2D eigenvalue weighted by Crippen LogP contribution is 2.39. The first-order chi connectivity index (χ1) is 8.02. The zero-order valence-electron chi connectivity index (χ0n) is 9.69. The summed E-state index contributed by atoms with van der Waals surface area (Å²) in [5, 5.41) is 12.0. The fraction of sp³-hybridized carbons (Fsp3) is 0.545. The highest BCUT2D eigenvalue weighted by atomic mass is 32.1. The number of aromatic nitrogens is 1. The monoisotopic (exact) mass is 254 g/mol. The van der Waals surface area contributed by atoms with Crippen LogP contribution in [0.15, 0.2) is 0 Å². The summed E-state index contributed by atoms with van der Waals surface area (Å²) in [6.45, 7) is 3.97. The van der Waals surface area contributed by atoms with E-state index in [-0.39, 0.29) is 11.8 Å². The van der Waals surface area contributed by atoms with E-state index in [4.69, 9.17) is 5.11 Å². The van der Waals surface area contributed by atoms with Crippen LogP contribution in [0.5, 0.6) is 0 Å². The van der Waals surface area contributed by atoms with Gasteiger partial charge in [-0.05, 0) is 19.8 Å². The number of nitrogens with zero attached hydrogens (tertiary/aromatic N) is 1. The lowest BCUT2D eigenvalue weighted by Gasteiger charge is -1.98. The van der Waals surface area contributed by atoms with Gasteiger partial charge in [-0.1, -0.05) is 6.92 Å². The van der Waals surface area contributed by atoms with E-state index < -0.39 is 11.9 Å². The second-order valence-corrected chi connectivity index (χ2v) is 5.35. The van der Waals surface area contributed by atoms with Crippen LogP contribution < -0.4 is 5.32 Å². The van der Waals surface area contributed by atoms with Crippen molar-refractivity contribution in [3.8, 4) is 0 Å². The maximum atomic E-state index is 11.7. The molecule has 2 unspecified atom stereocenters. The van der Waals surface area contributed by atoms with Crippen LogP contribution in [-0.2, 0) is 16.0 Å². The lowest BCUT2D eigenvalue weighted by atomic mass is 10.3. The van der Waals surface area contributed by atoms with Crippen molar-refractivity contribution in [1.29, 1.82) is 0 Å². The SMILES string of the molecule is CCc1nc(NC(=O)C2CC2C(=O)O)sc1C. The van der Waals surface area contributed by atoms with Gasteiger partial charge in [0, 0.05) is 4.88 Å². The van der Waals surface area contributed by atoms with Gasteiger partial charge in [0.15, 0.2) is 5.13 Å². The molecule has 0 aromatic carbocycles. The van der Waals surface area contributed by atoms with Crippen molar-refractivity contribution < 1.29 is 14.7 Å². The molecule has 92 valence electrons. The van der Waals surface area contributed by atoms with E-state index in [9.17, 15) is 9.59 Å². The number of carboxylic acid groups (broad SMARTS) is 1. The number of hydrogen-bond acceptors (Lipinski definition) is 4. The molecule has 1 aromatic heterocycles. The Labute approximate surface area is 103 Å². The van der Waals surface area contributed by atoms with Crippen molar-refractivity contribution in [2.75, 3.05) is 5.32 Å². The number of thiazole rings is 1. The Hall–Kier alpha value is -1.43. The summed E-state index contributed by atoms with van der Waals surface area (Å²) in [4.78, 5) is 27.7. The number of carbonyl (C=O) groups is 2. The molecule has 6 heteroatoms. The first-order valence-corrected chi connectivity index (χ1v) is 6.34. The van der Waals surface area contributed by atoms with Gasteiger partial charge in [-0.2, -0.15) is 0 Å². The molecule has 1 amide bonds. The summed E-state index contributed by atoms with van der Waals surface area (Å²) in [7, 11) is 0. The number of carbonyl (C=O) groups excluding carboxylic acids is 1. The number of hydrogen-bond donors (Lipinski definition) is 2. The average molecular weight is 254 g/mol. The second-order valence-electron chi connectivity index (χ2n) is 4.15. The number of amides is 1. The summed E-state index contributed by atoms with van der Waals surface area (Å²) < 4.78 is 0. The van der Waals surface area contributed by atoms with E-state index in [0.717, 1.165) is 17.0 Å². The highest BCUT2D eigenvalue weighted by Gasteiger charge is 2.48. The molecule has 2 rings (SSSR count). The molecule has 2 N–H and O–H groups in total. The van der Waals surface area contributed by atoms with E-state index in [0.29, 0.717) is 11.6 Å². The quantitative estimate of drug-likeness (QED) is 0.856. The number of aryl methyl sites for hydroxylation is 2. The molecule has 5 nitrogen and oxygen atoms in total. The standard InChI is InChI=1S/C11H14N2O3S/c1-3-8-5(2)17-11(12-8)13-9(14)6-4-7(6)10(15)16/h6-7H,3-4H2,1-2H3,(H,15,16)(H,12,13,14). The average Bonchev–Trinajstić information content (AvgIpc) is 2.99. The van der Waals surface area contributed by atoms with Crippen molar-refractivity contribution in [3.05, 3.63) is 10.6 Å². The Morgan fingerprint density at radius 2 is 2.24 bits per heavy atom. The molecule has 1 aliphatic rings. The van der Waals surface area contributed by atoms with Crippen LogP contribution in [0.2, 0.25) is 0 Å². The zero-order chi connectivity index (χ0) is 12.6. The van der Waals surface area contributed by atoms with E-state index >= 15 is 0 Å². The van der Waals surface area contributed by atoms with Crippen LogP contribution in [0, 0.1) is 18.8 Å². The van der Waals surface area contributed by atoms with Crippen molar-refractivity contribution >= 4 is 28.3 Å². The smallest absolute Gasteiger partial charge is 0.307 e. The Bertz CT molecular complexity index is 469. The number of carboxylic acids is 1. The molecule has 2 atom stereocenters. The molecular weight excluding hydrogens is 240 g/mol.